The highest BCUT2D eigenvalue weighted by atomic mass is 16.4. The number of benzene rings is 1. The molecule has 0 saturated carbocycles. The molecule has 0 heterocycles. The van der Waals surface area contributed by atoms with E-state index in [1.54, 1.807) is 26.0 Å². The monoisotopic (exact) mass is 266 g/mol. The minimum absolute atomic E-state index is 0.0706. The second-order valence-corrected chi connectivity index (χ2v) is 4.46. The minimum Gasteiger partial charge on any atom is -0.478 e. The van der Waals surface area contributed by atoms with Gasteiger partial charge in [-0.05, 0) is 25.5 Å². The van der Waals surface area contributed by atoms with Crippen LogP contribution in [0.1, 0.15) is 22.8 Å². The molecule has 1 atom stereocenters. The minimum atomic E-state index is -1.09. The van der Waals surface area contributed by atoms with Gasteiger partial charge in [0.2, 0.25) is 0 Å². The predicted octanol–water partition coefficient (Wildman–Crippen LogP) is 1.54. The number of nitrogens with one attached hydrogen (secondary N) is 1. The molecule has 0 spiro atoms. The molecule has 2 amide bonds. The van der Waals surface area contributed by atoms with Crippen molar-refractivity contribution in [3.8, 4) is 0 Å². The van der Waals surface area contributed by atoms with Crippen LogP contribution >= 0.6 is 0 Å². The lowest BCUT2D eigenvalue weighted by molar-refractivity contribution is 0.0697. The highest BCUT2D eigenvalue weighted by molar-refractivity contribution is 6.01. The van der Waals surface area contributed by atoms with E-state index in [0.29, 0.717) is 5.56 Å². The molecule has 0 bridgehead atoms. The first-order chi connectivity index (χ1) is 8.82. The van der Waals surface area contributed by atoms with Gasteiger partial charge in [0.05, 0.1) is 17.4 Å². The summed E-state index contributed by atoms with van der Waals surface area (Å²) in [7, 11) is 1.53. The molecule has 6 nitrogen and oxygen atoms in total. The van der Waals surface area contributed by atoms with Crippen molar-refractivity contribution in [3.05, 3.63) is 29.3 Å². The summed E-state index contributed by atoms with van der Waals surface area (Å²) in [6.45, 7) is 3.40. The van der Waals surface area contributed by atoms with Crippen LogP contribution in [0.2, 0.25) is 0 Å². The molecular formula is C13H18N2O4. The van der Waals surface area contributed by atoms with Crippen LogP contribution < -0.4 is 5.32 Å². The van der Waals surface area contributed by atoms with Crippen molar-refractivity contribution in [1.29, 1.82) is 0 Å². The Bertz CT molecular complexity index is 486. The number of rotatable bonds is 4. The van der Waals surface area contributed by atoms with E-state index in [9.17, 15) is 14.7 Å². The maximum absolute atomic E-state index is 11.8. The maximum Gasteiger partial charge on any atom is 0.338 e. The molecular weight excluding hydrogens is 248 g/mol. The summed E-state index contributed by atoms with van der Waals surface area (Å²) in [4.78, 5) is 24.3. The number of carboxylic acid groups (broad SMARTS) is 1. The molecule has 0 radical (unpaired) electrons. The fraction of sp³-hybridized carbons (Fsp3) is 0.385. The number of carbonyl (C=O) groups is 2. The maximum atomic E-state index is 11.8. The second-order valence-electron chi connectivity index (χ2n) is 4.46. The molecule has 0 aliphatic carbocycles. The number of aliphatic hydroxyl groups excluding tert-OH is 1. The van der Waals surface area contributed by atoms with Gasteiger partial charge in [-0.25, -0.2) is 9.59 Å². The molecule has 0 aliphatic heterocycles. The van der Waals surface area contributed by atoms with E-state index in [4.69, 9.17) is 5.11 Å². The first-order valence-electron chi connectivity index (χ1n) is 5.86. The number of amides is 2. The summed E-state index contributed by atoms with van der Waals surface area (Å²) < 4.78 is 0. The number of aryl methyl sites for hydroxylation is 1. The molecule has 0 fully saturated rings. The normalized spacial score (nSPS) is 11.8. The second kappa shape index (κ2) is 6.19. The van der Waals surface area contributed by atoms with Crippen molar-refractivity contribution < 1.29 is 19.8 Å². The summed E-state index contributed by atoms with van der Waals surface area (Å²) in [5, 5.41) is 20.9. The molecule has 1 aromatic carbocycles. The van der Waals surface area contributed by atoms with Crippen molar-refractivity contribution >= 4 is 17.7 Å². The number of urea groups is 1. The fourth-order valence-corrected chi connectivity index (χ4v) is 1.75. The third-order valence-corrected chi connectivity index (χ3v) is 2.61. The van der Waals surface area contributed by atoms with Crippen LogP contribution in [0.5, 0.6) is 0 Å². The standard InChI is InChI=1S/C13H18N2O4/c1-8-5-4-6-10(11(8)12(17)18)14-13(19)15(3)7-9(2)16/h4-6,9,16H,7H2,1-3H3,(H,14,19)(H,17,18). The molecule has 104 valence electrons. The first-order valence-corrected chi connectivity index (χ1v) is 5.86. The van der Waals surface area contributed by atoms with Crippen LogP contribution in [0.3, 0.4) is 0 Å². The van der Waals surface area contributed by atoms with Gasteiger partial charge in [0, 0.05) is 13.6 Å². The smallest absolute Gasteiger partial charge is 0.338 e. The van der Waals surface area contributed by atoms with Crippen LogP contribution in [0.25, 0.3) is 0 Å². The van der Waals surface area contributed by atoms with Gasteiger partial charge in [-0.2, -0.15) is 0 Å². The zero-order valence-electron chi connectivity index (χ0n) is 11.2. The van der Waals surface area contributed by atoms with E-state index < -0.39 is 18.1 Å². The van der Waals surface area contributed by atoms with Crippen LogP contribution in [0, 0.1) is 6.92 Å². The number of nitrogens with zero attached hydrogens (tertiary/aromatic N) is 1. The number of hydrogen-bond donors (Lipinski definition) is 3. The average Bonchev–Trinajstić information content (AvgIpc) is 2.27. The SMILES string of the molecule is Cc1cccc(NC(=O)N(C)CC(C)O)c1C(=O)O. The zero-order chi connectivity index (χ0) is 14.6. The van der Waals surface area contributed by atoms with Gasteiger partial charge in [-0.3, -0.25) is 0 Å². The van der Waals surface area contributed by atoms with E-state index >= 15 is 0 Å². The number of carbonyl (C=O) groups excluding carboxylic acids is 1. The Morgan fingerprint density at radius 3 is 2.58 bits per heavy atom. The summed E-state index contributed by atoms with van der Waals surface area (Å²) in [5.41, 5.74) is 0.889. The van der Waals surface area contributed by atoms with E-state index in [2.05, 4.69) is 5.32 Å². The number of carboxylic acids is 1. The van der Waals surface area contributed by atoms with Gasteiger partial charge in [0.25, 0.3) is 0 Å². The molecule has 6 heteroatoms. The van der Waals surface area contributed by atoms with Gasteiger partial charge in [-0.15, -0.1) is 0 Å². The summed E-state index contributed by atoms with van der Waals surface area (Å²) in [6.07, 6.45) is -0.646. The van der Waals surface area contributed by atoms with E-state index in [1.807, 2.05) is 0 Å². The summed E-state index contributed by atoms with van der Waals surface area (Å²) in [5.74, 6) is -1.09. The topological polar surface area (TPSA) is 89.9 Å². The van der Waals surface area contributed by atoms with Gasteiger partial charge in [0.15, 0.2) is 0 Å². The molecule has 1 aromatic rings. The van der Waals surface area contributed by atoms with Gasteiger partial charge >= 0.3 is 12.0 Å². The van der Waals surface area contributed by atoms with Gasteiger partial charge in [0.1, 0.15) is 0 Å². The quantitative estimate of drug-likeness (QED) is 0.771. The van der Waals surface area contributed by atoms with Crippen molar-refractivity contribution in [3.63, 3.8) is 0 Å². The molecule has 1 unspecified atom stereocenters. The van der Waals surface area contributed by atoms with Crippen molar-refractivity contribution in [2.45, 2.75) is 20.0 Å². The Morgan fingerprint density at radius 2 is 2.05 bits per heavy atom. The highest BCUT2D eigenvalue weighted by Gasteiger charge is 2.17. The van der Waals surface area contributed by atoms with Gasteiger partial charge in [-0.1, -0.05) is 12.1 Å². The Hall–Kier alpha value is -2.08. The van der Waals surface area contributed by atoms with Crippen molar-refractivity contribution in [2.24, 2.45) is 0 Å². The number of hydrogen-bond acceptors (Lipinski definition) is 3. The number of anilines is 1. The molecule has 0 aromatic heterocycles. The molecule has 0 saturated heterocycles. The highest BCUT2D eigenvalue weighted by Crippen LogP contribution is 2.19. The Labute approximate surface area is 111 Å². The van der Waals surface area contributed by atoms with Crippen LogP contribution in [0.4, 0.5) is 10.5 Å². The Balaban J connectivity index is 2.91. The largest absolute Gasteiger partial charge is 0.478 e. The lowest BCUT2D eigenvalue weighted by atomic mass is 10.1. The lowest BCUT2D eigenvalue weighted by Crippen LogP contribution is -2.36. The number of likely N-dealkylation sites (N-methyl/N-ethyl adjacent to an activating group) is 1. The molecule has 19 heavy (non-hydrogen) atoms. The average molecular weight is 266 g/mol. The van der Waals surface area contributed by atoms with Crippen LogP contribution in [-0.4, -0.2) is 46.8 Å². The Kier molecular flexibility index (Phi) is 4.88. The predicted molar refractivity (Wildman–Crippen MR) is 71.5 cm³/mol. The van der Waals surface area contributed by atoms with E-state index in [-0.39, 0.29) is 17.8 Å². The summed E-state index contributed by atoms with van der Waals surface area (Å²) in [6, 6.07) is 4.41. The Morgan fingerprint density at radius 1 is 1.42 bits per heavy atom. The summed E-state index contributed by atoms with van der Waals surface area (Å²) >= 11 is 0. The fourth-order valence-electron chi connectivity index (χ4n) is 1.75. The van der Waals surface area contributed by atoms with Gasteiger partial charge < -0.3 is 20.4 Å². The third kappa shape index (κ3) is 3.96. The van der Waals surface area contributed by atoms with Crippen molar-refractivity contribution in [1.82, 2.24) is 4.90 Å². The van der Waals surface area contributed by atoms with Crippen LogP contribution in [-0.2, 0) is 0 Å². The lowest BCUT2D eigenvalue weighted by Gasteiger charge is -2.20. The third-order valence-electron chi connectivity index (χ3n) is 2.61. The molecule has 0 aliphatic rings. The van der Waals surface area contributed by atoms with Crippen molar-refractivity contribution in [2.75, 3.05) is 18.9 Å². The van der Waals surface area contributed by atoms with E-state index in [1.165, 1.54) is 18.0 Å². The molecule has 3 N–H and O–H groups in total. The zero-order valence-corrected chi connectivity index (χ0v) is 11.2. The van der Waals surface area contributed by atoms with E-state index in [0.717, 1.165) is 0 Å². The van der Waals surface area contributed by atoms with Crippen LogP contribution in [0.15, 0.2) is 18.2 Å². The number of aromatic carboxylic acids is 1. The number of aliphatic hydroxyl groups is 1. The molecule has 1 rings (SSSR count). The first kappa shape index (κ1) is 15.0.